The van der Waals surface area contributed by atoms with Crippen molar-refractivity contribution in [2.45, 2.75) is 18.0 Å². The van der Waals surface area contributed by atoms with Crippen molar-refractivity contribution in [1.82, 2.24) is 4.90 Å². The molecule has 2 aliphatic rings. The largest absolute Gasteiger partial charge is 0.464 e. The van der Waals surface area contributed by atoms with Gasteiger partial charge >= 0.3 is 5.97 Å². The fourth-order valence-corrected chi connectivity index (χ4v) is 4.55. The van der Waals surface area contributed by atoms with Crippen molar-refractivity contribution in [3.05, 3.63) is 24.2 Å². The summed E-state index contributed by atoms with van der Waals surface area (Å²) in [5, 5.41) is 1.81. The van der Waals surface area contributed by atoms with Crippen LogP contribution in [0.5, 0.6) is 0 Å². The van der Waals surface area contributed by atoms with Gasteiger partial charge in [0, 0.05) is 13.5 Å². The van der Waals surface area contributed by atoms with E-state index < -0.39 is 29.4 Å². The molecule has 4 atom stereocenters. The number of methoxy groups -OCH3 is 1. The molecule has 0 saturated carbocycles. The van der Waals surface area contributed by atoms with Crippen LogP contribution in [0.25, 0.3) is 0 Å². The quantitative estimate of drug-likeness (QED) is 0.582. The number of hydrogen-bond acceptors (Lipinski definition) is 6. The number of nitrogens with two attached hydrogens (primary N) is 1. The summed E-state index contributed by atoms with van der Waals surface area (Å²) in [7, 11) is 2.79. The van der Waals surface area contributed by atoms with Gasteiger partial charge in [0.15, 0.2) is 11.8 Å². The summed E-state index contributed by atoms with van der Waals surface area (Å²) in [5.74, 6) is -1.11. The van der Waals surface area contributed by atoms with E-state index in [0.29, 0.717) is 17.9 Å². The van der Waals surface area contributed by atoms with Crippen molar-refractivity contribution in [1.29, 1.82) is 0 Å². The molecule has 7 nitrogen and oxygen atoms in total. The summed E-state index contributed by atoms with van der Waals surface area (Å²) in [6.45, 7) is 0. The molecule has 0 aliphatic carbocycles. The number of furan rings is 1. The van der Waals surface area contributed by atoms with Gasteiger partial charge in [-0.1, -0.05) is 0 Å². The van der Waals surface area contributed by atoms with E-state index >= 15 is 0 Å². The topological polar surface area (TPSA) is 93.4 Å². The second kappa shape index (κ2) is 6.25. The lowest BCUT2D eigenvalue weighted by atomic mass is 9.78. The molecule has 0 bridgehead atoms. The van der Waals surface area contributed by atoms with Gasteiger partial charge in [-0.3, -0.25) is 14.5 Å². The van der Waals surface area contributed by atoms with E-state index in [4.69, 9.17) is 9.15 Å². The van der Waals surface area contributed by atoms with E-state index in [0.717, 1.165) is 4.90 Å². The lowest BCUT2D eigenvalue weighted by Crippen LogP contribution is -2.98. The van der Waals surface area contributed by atoms with Crippen LogP contribution >= 0.6 is 11.8 Å². The Balaban J connectivity index is 2.10. The van der Waals surface area contributed by atoms with Crippen LogP contribution < -0.4 is 5.32 Å². The fraction of sp³-hybridized carbons (Fsp3) is 0.562. The molecule has 130 valence electrons. The van der Waals surface area contributed by atoms with E-state index in [2.05, 4.69) is 0 Å². The Labute approximate surface area is 144 Å². The summed E-state index contributed by atoms with van der Waals surface area (Å²) >= 11 is 1.59. The lowest BCUT2D eigenvalue weighted by molar-refractivity contribution is -0.736. The summed E-state index contributed by atoms with van der Waals surface area (Å²) in [6.07, 6.45) is 3.92. The number of likely N-dealkylation sites (tertiary alicyclic amines) is 1. The molecule has 0 spiro atoms. The van der Waals surface area contributed by atoms with Crippen molar-refractivity contribution in [3.8, 4) is 0 Å². The van der Waals surface area contributed by atoms with Gasteiger partial charge in [-0.15, -0.1) is 0 Å². The molecule has 3 heterocycles. The van der Waals surface area contributed by atoms with Crippen molar-refractivity contribution in [3.63, 3.8) is 0 Å². The van der Waals surface area contributed by atoms with Crippen molar-refractivity contribution < 1.29 is 28.9 Å². The van der Waals surface area contributed by atoms with Crippen molar-refractivity contribution in [2.75, 3.05) is 26.2 Å². The van der Waals surface area contributed by atoms with E-state index in [1.165, 1.54) is 20.4 Å². The predicted octanol–water partition coefficient (Wildman–Crippen LogP) is -0.206. The maximum Gasteiger partial charge on any atom is 0.368 e. The Kier molecular flexibility index (Phi) is 4.44. The average Bonchev–Trinajstić information content (AvgIpc) is 3.27. The van der Waals surface area contributed by atoms with Gasteiger partial charge in [-0.25, -0.2) is 4.79 Å². The number of ether oxygens (including phenoxy) is 1. The maximum absolute atomic E-state index is 12.8. The lowest BCUT2D eigenvalue weighted by Gasteiger charge is -2.28. The predicted molar refractivity (Wildman–Crippen MR) is 85.9 cm³/mol. The van der Waals surface area contributed by atoms with Crippen LogP contribution in [0, 0.1) is 11.8 Å². The molecular formula is C16H21N2O5S+. The van der Waals surface area contributed by atoms with Crippen LogP contribution in [0.15, 0.2) is 22.8 Å². The molecule has 1 aromatic rings. The van der Waals surface area contributed by atoms with Crippen LogP contribution in [0.1, 0.15) is 18.2 Å². The zero-order valence-electron chi connectivity index (χ0n) is 13.9. The van der Waals surface area contributed by atoms with Gasteiger partial charge < -0.3 is 14.5 Å². The van der Waals surface area contributed by atoms with Gasteiger partial charge in [0.2, 0.25) is 17.4 Å². The normalized spacial score (nSPS) is 32.3. The number of carbonyl (C=O) groups excluding carboxylic acids is 3. The molecule has 0 aromatic carbocycles. The van der Waals surface area contributed by atoms with Gasteiger partial charge in [-0.2, -0.15) is 11.8 Å². The van der Waals surface area contributed by atoms with Crippen LogP contribution in [-0.2, 0) is 19.1 Å². The van der Waals surface area contributed by atoms with Crippen LogP contribution in [-0.4, -0.2) is 54.4 Å². The Morgan fingerprint density at radius 3 is 2.79 bits per heavy atom. The number of imide groups is 1. The Hall–Kier alpha value is -1.80. The number of thioether (sulfide) groups is 1. The highest BCUT2D eigenvalue weighted by molar-refractivity contribution is 7.98. The molecule has 2 amide bonds. The molecule has 2 fully saturated rings. The molecule has 2 aliphatic heterocycles. The molecule has 1 aromatic heterocycles. The van der Waals surface area contributed by atoms with Crippen molar-refractivity contribution in [2.24, 2.45) is 11.8 Å². The van der Waals surface area contributed by atoms with E-state index in [1.54, 1.807) is 23.9 Å². The summed E-state index contributed by atoms with van der Waals surface area (Å²) < 4.78 is 10.5. The molecule has 2 saturated heterocycles. The SMILES string of the molecule is COC(=O)[C@]1(CCSC)[NH2+][C@H](c2ccco2)[C@H]2C(=O)N(C)C(=O)[C@H]21. The molecule has 0 unspecified atom stereocenters. The first-order valence-corrected chi connectivity index (χ1v) is 9.15. The first-order valence-electron chi connectivity index (χ1n) is 7.76. The summed E-state index contributed by atoms with van der Waals surface area (Å²) in [6, 6.07) is 3.10. The summed E-state index contributed by atoms with van der Waals surface area (Å²) in [5.41, 5.74) is -1.10. The van der Waals surface area contributed by atoms with E-state index in [9.17, 15) is 14.4 Å². The van der Waals surface area contributed by atoms with E-state index in [1.807, 2.05) is 11.6 Å². The Bertz CT molecular complexity index is 661. The highest BCUT2D eigenvalue weighted by Gasteiger charge is 2.72. The Morgan fingerprint density at radius 1 is 1.46 bits per heavy atom. The van der Waals surface area contributed by atoms with E-state index in [-0.39, 0.29) is 11.8 Å². The standard InChI is InChI=1S/C16H20N2O5S/c1-18-13(19)10-11(14(18)20)16(6-8-24-3,15(21)22-2)17-12(10)9-5-4-7-23-9/h4-5,7,10-12,17H,6,8H2,1-3H3/p+1/t10-,11-,12+,16+/m0/s1. The summed E-state index contributed by atoms with van der Waals surface area (Å²) in [4.78, 5) is 39.2. The number of nitrogens with zero attached hydrogens (tertiary/aromatic N) is 1. The third kappa shape index (κ3) is 2.28. The number of carbonyl (C=O) groups is 3. The number of fused-ring (bicyclic) bond motifs is 1. The molecule has 0 radical (unpaired) electrons. The number of amides is 2. The number of rotatable bonds is 5. The minimum atomic E-state index is -1.10. The highest BCUT2D eigenvalue weighted by atomic mass is 32.2. The zero-order valence-corrected chi connectivity index (χ0v) is 14.7. The second-order valence-electron chi connectivity index (χ2n) is 6.22. The third-order valence-electron chi connectivity index (χ3n) is 5.15. The maximum atomic E-state index is 12.8. The third-order valence-corrected chi connectivity index (χ3v) is 5.76. The van der Waals surface area contributed by atoms with Crippen LogP contribution in [0.4, 0.5) is 0 Å². The van der Waals surface area contributed by atoms with Gasteiger partial charge in [-0.05, 0) is 24.1 Å². The van der Waals surface area contributed by atoms with Gasteiger partial charge in [0.05, 0.1) is 13.4 Å². The minimum Gasteiger partial charge on any atom is -0.464 e. The first-order chi connectivity index (χ1) is 11.5. The van der Waals surface area contributed by atoms with Crippen LogP contribution in [0.3, 0.4) is 0 Å². The van der Waals surface area contributed by atoms with Gasteiger partial charge in [0.1, 0.15) is 11.8 Å². The minimum absolute atomic E-state index is 0.266. The molecular weight excluding hydrogens is 332 g/mol. The monoisotopic (exact) mass is 353 g/mol. The molecule has 2 N–H and O–H groups in total. The highest BCUT2D eigenvalue weighted by Crippen LogP contribution is 2.45. The van der Waals surface area contributed by atoms with Gasteiger partial charge in [0.25, 0.3) is 0 Å². The van der Waals surface area contributed by atoms with Crippen molar-refractivity contribution >= 4 is 29.5 Å². The Morgan fingerprint density at radius 2 is 2.21 bits per heavy atom. The number of hydrogen-bond donors (Lipinski definition) is 1. The second-order valence-corrected chi connectivity index (χ2v) is 7.21. The number of esters is 1. The van der Waals surface area contributed by atoms with Crippen LogP contribution in [0.2, 0.25) is 0 Å². The molecule has 8 heteroatoms. The first kappa shape index (κ1) is 17.0. The average molecular weight is 353 g/mol. The fourth-order valence-electron chi connectivity index (χ4n) is 4.00. The number of quaternary nitrogens is 1. The smallest absolute Gasteiger partial charge is 0.368 e. The molecule has 24 heavy (non-hydrogen) atoms. The zero-order chi connectivity index (χ0) is 17.5. The molecule has 3 rings (SSSR count).